The molecule has 0 spiro atoms. The van der Waals surface area contributed by atoms with Crippen LogP contribution in [0.3, 0.4) is 0 Å². The summed E-state index contributed by atoms with van der Waals surface area (Å²) in [5.74, 6) is -0.0349. The molecule has 1 atom stereocenters. The number of nitrogens with zero attached hydrogens (tertiary/aromatic N) is 2. The SMILES string of the molecule is C[C@@H](Nc1cnn(C(C)(C)C)c1)C(=O)NCc1ccccc1. The van der Waals surface area contributed by atoms with Gasteiger partial charge in [-0.1, -0.05) is 30.3 Å². The van der Waals surface area contributed by atoms with Gasteiger partial charge in [0.05, 0.1) is 17.4 Å². The molecule has 2 aromatic rings. The van der Waals surface area contributed by atoms with E-state index >= 15 is 0 Å². The number of nitrogens with one attached hydrogen (secondary N) is 2. The Hall–Kier alpha value is -2.30. The first-order valence-corrected chi connectivity index (χ1v) is 7.49. The van der Waals surface area contributed by atoms with Crippen LogP contribution in [0.2, 0.25) is 0 Å². The molecule has 2 rings (SSSR count). The van der Waals surface area contributed by atoms with Gasteiger partial charge < -0.3 is 10.6 Å². The van der Waals surface area contributed by atoms with E-state index in [1.54, 1.807) is 6.20 Å². The molecule has 2 N–H and O–H groups in total. The van der Waals surface area contributed by atoms with Gasteiger partial charge in [-0.15, -0.1) is 0 Å². The summed E-state index contributed by atoms with van der Waals surface area (Å²) in [4.78, 5) is 12.1. The summed E-state index contributed by atoms with van der Waals surface area (Å²) in [5, 5.41) is 10.4. The van der Waals surface area contributed by atoms with Gasteiger partial charge in [0.1, 0.15) is 6.04 Å². The molecule has 0 aliphatic carbocycles. The third-order valence-electron chi connectivity index (χ3n) is 3.36. The number of carbonyl (C=O) groups is 1. The molecule has 1 amide bonds. The third kappa shape index (κ3) is 4.35. The lowest BCUT2D eigenvalue weighted by Crippen LogP contribution is -2.37. The van der Waals surface area contributed by atoms with Crippen molar-refractivity contribution < 1.29 is 4.79 Å². The highest BCUT2D eigenvalue weighted by Gasteiger charge is 2.16. The van der Waals surface area contributed by atoms with Crippen molar-refractivity contribution in [2.45, 2.75) is 45.8 Å². The number of rotatable bonds is 5. The molecule has 0 radical (unpaired) electrons. The van der Waals surface area contributed by atoms with Crippen molar-refractivity contribution in [3.05, 3.63) is 48.3 Å². The van der Waals surface area contributed by atoms with Crippen LogP contribution >= 0.6 is 0 Å². The van der Waals surface area contributed by atoms with E-state index in [-0.39, 0.29) is 17.5 Å². The number of benzene rings is 1. The van der Waals surface area contributed by atoms with Gasteiger partial charge in [0, 0.05) is 12.7 Å². The predicted octanol–water partition coefficient (Wildman–Crippen LogP) is 2.75. The van der Waals surface area contributed by atoms with E-state index in [1.165, 1.54) is 0 Å². The molecule has 1 aromatic carbocycles. The molecule has 0 saturated heterocycles. The van der Waals surface area contributed by atoms with Crippen LogP contribution in [0.1, 0.15) is 33.3 Å². The van der Waals surface area contributed by atoms with E-state index in [0.717, 1.165) is 11.3 Å². The zero-order valence-corrected chi connectivity index (χ0v) is 13.6. The van der Waals surface area contributed by atoms with Crippen molar-refractivity contribution in [1.29, 1.82) is 0 Å². The Bertz CT molecular complexity index is 613. The van der Waals surface area contributed by atoms with Crippen LogP contribution in [0.25, 0.3) is 0 Å². The molecule has 0 aliphatic rings. The standard InChI is InChI=1S/C17H24N4O/c1-13(16(22)18-10-14-8-6-5-7-9-14)20-15-11-19-21(12-15)17(2,3)4/h5-9,11-13,20H,10H2,1-4H3,(H,18,22)/t13-/m1/s1. The minimum atomic E-state index is -0.318. The first kappa shape index (κ1) is 16.1. The fourth-order valence-electron chi connectivity index (χ4n) is 2.02. The molecule has 5 nitrogen and oxygen atoms in total. The largest absolute Gasteiger partial charge is 0.371 e. The number of amides is 1. The van der Waals surface area contributed by atoms with Gasteiger partial charge >= 0.3 is 0 Å². The third-order valence-corrected chi connectivity index (χ3v) is 3.36. The Balaban J connectivity index is 1.87. The summed E-state index contributed by atoms with van der Waals surface area (Å²) in [7, 11) is 0. The quantitative estimate of drug-likeness (QED) is 0.892. The van der Waals surface area contributed by atoms with Gasteiger partial charge in [0.2, 0.25) is 5.91 Å². The number of carbonyl (C=O) groups excluding carboxylic acids is 1. The molecular formula is C17H24N4O. The Kier molecular flexibility index (Phi) is 4.85. The lowest BCUT2D eigenvalue weighted by Gasteiger charge is -2.19. The summed E-state index contributed by atoms with van der Waals surface area (Å²) >= 11 is 0. The van der Waals surface area contributed by atoms with Crippen LogP contribution in [-0.4, -0.2) is 21.7 Å². The van der Waals surface area contributed by atoms with E-state index in [9.17, 15) is 4.79 Å². The number of hydrogen-bond donors (Lipinski definition) is 2. The number of anilines is 1. The first-order chi connectivity index (χ1) is 10.4. The maximum Gasteiger partial charge on any atom is 0.242 e. The Morgan fingerprint density at radius 3 is 2.55 bits per heavy atom. The van der Waals surface area contributed by atoms with Crippen molar-refractivity contribution in [1.82, 2.24) is 15.1 Å². The fourth-order valence-corrected chi connectivity index (χ4v) is 2.02. The van der Waals surface area contributed by atoms with E-state index in [0.29, 0.717) is 6.54 Å². The predicted molar refractivity (Wildman–Crippen MR) is 88.6 cm³/mol. The van der Waals surface area contributed by atoms with E-state index in [4.69, 9.17) is 0 Å². The number of hydrogen-bond acceptors (Lipinski definition) is 3. The highest BCUT2D eigenvalue weighted by Crippen LogP contribution is 2.16. The van der Waals surface area contributed by atoms with E-state index in [1.807, 2.05) is 48.1 Å². The van der Waals surface area contributed by atoms with E-state index < -0.39 is 0 Å². The molecule has 118 valence electrons. The fraction of sp³-hybridized carbons (Fsp3) is 0.412. The molecule has 5 heteroatoms. The first-order valence-electron chi connectivity index (χ1n) is 7.49. The van der Waals surface area contributed by atoms with Crippen LogP contribution in [-0.2, 0) is 16.9 Å². The summed E-state index contributed by atoms with van der Waals surface area (Å²) in [6, 6.07) is 9.55. The van der Waals surface area contributed by atoms with Gasteiger partial charge in [-0.2, -0.15) is 5.10 Å². The minimum Gasteiger partial charge on any atom is -0.371 e. The molecule has 0 unspecified atom stereocenters. The minimum absolute atomic E-state index is 0.0349. The van der Waals surface area contributed by atoms with Crippen molar-refractivity contribution in [2.24, 2.45) is 0 Å². The molecular weight excluding hydrogens is 276 g/mol. The van der Waals surface area contributed by atoms with Gasteiger partial charge in [0.25, 0.3) is 0 Å². The highest BCUT2D eigenvalue weighted by atomic mass is 16.2. The zero-order valence-electron chi connectivity index (χ0n) is 13.6. The van der Waals surface area contributed by atoms with Crippen LogP contribution in [0.15, 0.2) is 42.7 Å². The number of aromatic nitrogens is 2. The second-order valence-corrected chi connectivity index (χ2v) is 6.41. The second kappa shape index (κ2) is 6.64. The van der Waals surface area contributed by atoms with E-state index in [2.05, 4.69) is 36.5 Å². The molecule has 0 saturated carbocycles. The lowest BCUT2D eigenvalue weighted by atomic mass is 10.1. The van der Waals surface area contributed by atoms with Crippen LogP contribution in [0.4, 0.5) is 5.69 Å². The maximum atomic E-state index is 12.1. The second-order valence-electron chi connectivity index (χ2n) is 6.41. The van der Waals surface area contributed by atoms with Crippen LogP contribution < -0.4 is 10.6 Å². The molecule has 0 aliphatic heterocycles. The topological polar surface area (TPSA) is 59.0 Å². The maximum absolute atomic E-state index is 12.1. The smallest absolute Gasteiger partial charge is 0.242 e. The molecule has 1 heterocycles. The van der Waals surface area contributed by atoms with Gasteiger partial charge in [0.15, 0.2) is 0 Å². The van der Waals surface area contributed by atoms with Gasteiger partial charge in [-0.3, -0.25) is 9.48 Å². The summed E-state index contributed by atoms with van der Waals surface area (Å²) in [6.07, 6.45) is 3.66. The normalized spacial score (nSPS) is 12.7. The van der Waals surface area contributed by atoms with Crippen LogP contribution in [0.5, 0.6) is 0 Å². The molecule has 0 fully saturated rings. The molecule has 0 bridgehead atoms. The summed E-state index contributed by atoms with van der Waals surface area (Å²) in [5.41, 5.74) is 1.86. The van der Waals surface area contributed by atoms with Gasteiger partial charge in [-0.05, 0) is 33.3 Å². The lowest BCUT2D eigenvalue weighted by molar-refractivity contribution is -0.121. The van der Waals surface area contributed by atoms with Crippen molar-refractivity contribution in [3.8, 4) is 0 Å². The Morgan fingerprint density at radius 1 is 1.27 bits per heavy atom. The van der Waals surface area contributed by atoms with Gasteiger partial charge in [-0.25, -0.2) is 0 Å². The van der Waals surface area contributed by atoms with Crippen LogP contribution in [0, 0.1) is 0 Å². The molecule has 1 aromatic heterocycles. The monoisotopic (exact) mass is 300 g/mol. The highest BCUT2D eigenvalue weighted by molar-refractivity contribution is 5.84. The summed E-state index contributed by atoms with van der Waals surface area (Å²) < 4.78 is 1.88. The summed E-state index contributed by atoms with van der Waals surface area (Å²) in [6.45, 7) is 8.63. The Morgan fingerprint density at radius 2 is 1.95 bits per heavy atom. The Labute approximate surface area is 131 Å². The van der Waals surface area contributed by atoms with Crippen molar-refractivity contribution in [2.75, 3.05) is 5.32 Å². The van der Waals surface area contributed by atoms with Crippen molar-refractivity contribution in [3.63, 3.8) is 0 Å². The average Bonchev–Trinajstić information content (AvgIpc) is 2.94. The zero-order chi connectivity index (χ0) is 16.2. The van der Waals surface area contributed by atoms with Crippen molar-refractivity contribution >= 4 is 11.6 Å². The average molecular weight is 300 g/mol. The molecule has 22 heavy (non-hydrogen) atoms.